The van der Waals surface area contributed by atoms with Gasteiger partial charge in [0.25, 0.3) is 5.91 Å². The fourth-order valence-corrected chi connectivity index (χ4v) is 5.59. The first-order valence-electron chi connectivity index (χ1n) is 11.6. The number of amides is 1. The van der Waals surface area contributed by atoms with Crippen molar-refractivity contribution in [1.29, 1.82) is 0 Å². The van der Waals surface area contributed by atoms with Gasteiger partial charge in [-0.25, -0.2) is 9.97 Å². The van der Waals surface area contributed by atoms with Crippen molar-refractivity contribution in [1.82, 2.24) is 14.9 Å². The number of rotatable bonds is 2. The molecule has 0 unspecified atom stereocenters. The zero-order valence-corrected chi connectivity index (χ0v) is 18.7. The average molecular weight is 435 g/mol. The van der Waals surface area contributed by atoms with E-state index in [1.807, 2.05) is 48.5 Å². The van der Waals surface area contributed by atoms with Gasteiger partial charge >= 0.3 is 0 Å². The molecule has 3 aromatic carbocycles. The maximum Gasteiger partial charge on any atom is 0.253 e. The summed E-state index contributed by atoms with van der Waals surface area (Å²) < 4.78 is 0. The van der Waals surface area contributed by atoms with E-state index < -0.39 is 0 Å². The summed E-state index contributed by atoms with van der Waals surface area (Å²) in [6, 6.07) is 22.8. The molecule has 2 heterocycles. The number of carbonyl (C=O) groups is 1. The van der Waals surface area contributed by atoms with Gasteiger partial charge in [-0.1, -0.05) is 54.6 Å². The highest BCUT2D eigenvalue weighted by Crippen LogP contribution is 2.48. The molecule has 0 saturated carbocycles. The Balaban J connectivity index is 1.28. The van der Waals surface area contributed by atoms with E-state index in [1.54, 1.807) is 0 Å². The monoisotopic (exact) mass is 434 g/mol. The molecule has 1 spiro atoms. The molecule has 1 aliphatic carbocycles. The summed E-state index contributed by atoms with van der Waals surface area (Å²) in [6.45, 7) is 1.51. The van der Waals surface area contributed by atoms with Crippen molar-refractivity contribution in [3.63, 3.8) is 0 Å². The molecule has 6 rings (SSSR count). The minimum absolute atomic E-state index is 0.0221. The van der Waals surface area contributed by atoms with E-state index >= 15 is 0 Å². The van der Waals surface area contributed by atoms with E-state index in [0.717, 1.165) is 54.4 Å². The van der Waals surface area contributed by atoms with E-state index in [4.69, 9.17) is 4.98 Å². The molecule has 1 saturated heterocycles. The third kappa shape index (κ3) is 3.27. The van der Waals surface area contributed by atoms with Crippen LogP contribution in [0.1, 0.15) is 34.3 Å². The molecule has 1 aromatic heterocycles. The number of anilines is 1. The fourth-order valence-electron chi connectivity index (χ4n) is 5.59. The Bertz CT molecular complexity index is 1370. The van der Waals surface area contributed by atoms with Crippen LogP contribution in [0, 0.1) is 0 Å². The summed E-state index contributed by atoms with van der Waals surface area (Å²) >= 11 is 0. The summed E-state index contributed by atoms with van der Waals surface area (Å²) in [5.41, 5.74) is 5.58. The van der Waals surface area contributed by atoms with Crippen LogP contribution >= 0.6 is 0 Å². The first-order valence-corrected chi connectivity index (χ1v) is 11.6. The minimum atomic E-state index is 0.0221. The van der Waals surface area contributed by atoms with Crippen LogP contribution in [0.25, 0.3) is 22.0 Å². The molecule has 0 atom stereocenters. The van der Waals surface area contributed by atoms with Crippen LogP contribution in [0.3, 0.4) is 0 Å². The first kappa shape index (κ1) is 19.9. The molecule has 4 aromatic rings. The number of piperidine rings is 1. The average Bonchev–Trinajstić information content (AvgIpc) is 2.88. The summed E-state index contributed by atoms with van der Waals surface area (Å²) in [6.07, 6.45) is 4.77. The maximum absolute atomic E-state index is 13.3. The van der Waals surface area contributed by atoms with Gasteiger partial charge in [-0.2, -0.15) is 0 Å². The van der Waals surface area contributed by atoms with E-state index in [2.05, 4.69) is 46.7 Å². The number of carbonyl (C=O) groups excluding carboxylic acids is 1. The van der Waals surface area contributed by atoms with Crippen molar-refractivity contribution in [3.8, 4) is 11.3 Å². The Morgan fingerprint density at radius 2 is 1.73 bits per heavy atom. The van der Waals surface area contributed by atoms with Crippen LogP contribution in [-0.4, -0.2) is 40.9 Å². The van der Waals surface area contributed by atoms with Gasteiger partial charge in [0.2, 0.25) is 5.95 Å². The van der Waals surface area contributed by atoms with Crippen molar-refractivity contribution in [2.75, 3.05) is 25.5 Å². The van der Waals surface area contributed by atoms with Gasteiger partial charge in [0.1, 0.15) is 0 Å². The van der Waals surface area contributed by atoms with Gasteiger partial charge in [-0.15, -0.1) is 0 Å². The molecule has 2 aliphatic rings. The predicted molar refractivity (Wildman–Crippen MR) is 131 cm³/mol. The number of nitrogens with one attached hydrogen (secondary N) is 1. The lowest BCUT2D eigenvalue weighted by atomic mass is 9.64. The zero-order valence-electron chi connectivity index (χ0n) is 18.7. The molecular formula is C28H26N4O. The lowest BCUT2D eigenvalue weighted by Crippen LogP contribution is -2.47. The highest BCUT2D eigenvalue weighted by atomic mass is 16.2. The first-order chi connectivity index (χ1) is 16.2. The van der Waals surface area contributed by atoms with Gasteiger partial charge in [-0.05, 0) is 53.3 Å². The molecule has 1 aliphatic heterocycles. The summed E-state index contributed by atoms with van der Waals surface area (Å²) in [5.74, 6) is 0.775. The molecule has 0 bridgehead atoms. The number of likely N-dealkylation sites (tertiary alicyclic amines) is 1. The topological polar surface area (TPSA) is 58.1 Å². The summed E-state index contributed by atoms with van der Waals surface area (Å²) in [4.78, 5) is 24.6. The van der Waals surface area contributed by atoms with E-state index in [-0.39, 0.29) is 11.3 Å². The molecule has 5 heteroatoms. The number of hydrogen-bond donors (Lipinski definition) is 1. The molecule has 1 amide bonds. The SMILES string of the molecule is CNc1ncc2c(n1)-c1ccccc1C1(CCN(C(=O)c3ccc4ccccc4c3)CC1)C2. The number of nitrogens with zero attached hydrogens (tertiary/aromatic N) is 3. The third-order valence-corrected chi connectivity index (χ3v) is 7.37. The Hall–Kier alpha value is -3.73. The molecule has 1 N–H and O–H groups in total. The standard InChI is InChI=1S/C28H26N4O/c1-29-27-30-18-22-17-28(24-9-5-4-8-23(24)25(22)31-27)12-14-32(15-13-28)26(33)21-11-10-19-6-2-3-7-20(19)16-21/h2-11,16,18H,12-15,17H2,1H3,(H,29,30,31). The van der Waals surface area contributed by atoms with Gasteiger partial charge in [0.05, 0.1) is 5.69 Å². The largest absolute Gasteiger partial charge is 0.357 e. The van der Waals surface area contributed by atoms with Gasteiger partial charge < -0.3 is 10.2 Å². The highest BCUT2D eigenvalue weighted by Gasteiger charge is 2.42. The highest BCUT2D eigenvalue weighted by molar-refractivity contribution is 5.98. The van der Waals surface area contributed by atoms with Crippen LogP contribution in [0.2, 0.25) is 0 Å². The predicted octanol–water partition coefficient (Wildman–Crippen LogP) is 5.07. The second-order valence-electron chi connectivity index (χ2n) is 9.17. The zero-order chi connectivity index (χ0) is 22.4. The number of aromatic nitrogens is 2. The van der Waals surface area contributed by atoms with E-state index in [0.29, 0.717) is 5.95 Å². The van der Waals surface area contributed by atoms with Crippen molar-refractivity contribution >= 4 is 22.6 Å². The van der Waals surface area contributed by atoms with Crippen LogP contribution in [-0.2, 0) is 11.8 Å². The fraction of sp³-hybridized carbons (Fsp3) is 0.250. The molecule has 164 valence electrons. The summed E-state index contributed by atoms with van der Waals surface area (Å²) in [5, 5.41) is 5.32. The second-order valence-corrected chi connectivity index (χ2v) is 9.17. The van der Waals surface area contributed by atoms with Crippen molar-refractivity contribution in [3.05, 3.63) is 89.6 Å². The number of hydrogen-bond acceptors (Lipinski definition) is 4. The molecule has 0 radical (unpaired) electrons. The van der Waals surface area contributed by atoms with Gasteiger partial charge in [-0.3, -0.25) is 4.79 Å². The second kappa shape index (κ2) is 7.69. The Morgan fingerprint density at radius 1 is 0.970 bits per heavy atom. The van der Waals surface area contributed by atoms with Crippen molar-refractivity contribution < 1.29 is 4.79 Å². The molecule has 33 heavy (non-hydrogen) atoms. The van der Waals surface area contributed by atoms with Crippen LogP contribution in [0.4, 0.5) is 5.95 Å². The maximum atomic E-state index is 13.3. The Morgan fingerprint density at radius 3 is 2.55 bits per heavy atom. The van der Waals surface area contributed by atoms with Gasteiger partial charge in [0, 0.05) is 42.9 Å². The van der Waals surface area contributed by atoms with E-state index in [1.165, 1.54) is 16.7 Å². The van der Waals surface area contributed by atoms with Crippen LogP contribution in [0.5, 0.6) is 0 Å². The summed E-state index contributed by atoms with van der Waals surface area (Å²) in [7, 11) is 1.85. The lowest BCUT2D eigenvalue weighted by molar-refractivity contribution is 0.0664. The smallest absolute Gasteiger partial charge is 0.253 e. The third-order valence-electron chi connectivity index (χ3n) is 7.37. The van der Waals surface area contributed by atoms with Crippen molar-refractivity contribution in [2.24, 2.45) is 0 Å². The molecule has 1 fully saturated rings. The normalized spacial score (nSPS) is 16.3. The minimum Gasteiger partial charge on any atom is -0.357 e. The Kier molecular flexibility index (Phi) is 4.64. The quantitative estimate of drug-likeness (QED) is 0.479. The van der Waals surface area contributed by atoms with Gasteiger partial charge in [0.15, 0.2) is 0 Å². The molecular weight excluding hydrogens is 408 g/mol. The van der Waals surface area contributed by atoms with E-state index in [9.17, 15) is 4.79 Å². The Labute approximate surface area is 193 Å². The van der Waals surface area contributed by atoms with Crippen LogP contribution in [0.15, 0.2) is 72.9 Å². The van der Waals surface area contributed by atoms with Crippen LogP contribution < -0.4 is 5.32 Å². The molecule has 5 nitrogen and oxygen atoms in total. The van der Waals surface area contributed by atoms with Crippen molar-refractivity contribution in [2.45, 2.75) is 24.7 Å². The number of fused-ring (bicyclic) bond motifs is 5. The number of benzene rings is 3. The lowest BCUT2D eigenvalue weighted by Gasteiger charge is -2.45.